The maximum atomic E-state index is 12.3. The molecule has 0 aromatic heterocycles. The Bertz CT molecular complexity index is 701. The quantitative estimate of drug-likeness (QED) is 0.588. The summed E-state index contributed by atoms with van der Waals surface area (Å²) >= 11 is 0. The smallest absolute Gasteiger partial charge is 0.155 e. The molecule has 0 aromatic carbocycles. The van der Waals surface area contributed by atoms with E-state index < -0.39 is 11.0 Å². The van der Waals surface area contributed by atoms with Crippen molar-refractivity contribution < 1.29 is 14.7 Å². The van der Waals surface area contributed by atoms with Crippen molar-refractivity contribution in [1.29, 1.82) is 0 Å². The summed E-state index contributed by atoms with van der Waals surface area (Å²) in [7, 11) is 0. The summed E-state index contributed by atoms with van der Waals surface area (Å²) in [4.78, 5) is 24.3. The molecule has 1 N–H and O–H groups in total. The summed E-state index contributed by atoms with van der Waals surface area (Å²) in [6, 6.07) is 0. The van der Waals surface area contributed by atoms with E-state index in [1.165, 1.54) is 0 Å². The van der Waals surface area contributed by atoms with Crippen molar-refractivity contribution in [2.45, 2.75) is 64.4 Å². The van der Waals surface area contributed by atoms with Gasteiger partial charge in [-0.25, -0.2) is 0 Å². The number of carbonyl (C=O) groups excluding carboxylic acids is 2. The molecule has 4 aliphatic carbocycles. The third-order valence-corrected chi connectivity index (χ3v) is 8.51. The van der Waals surface area contributed by atoms with Crippen molar-refractivity contribution in [2.24, 2.45) is 34.5 Å². The van der Waals surface area contributed by atoms with Crippen molar-refractivity contribution in [3.8, 4) is 12.3 Å². The van der Waals surface area contributed by atoms with Crippen LogP contribution in [0.25, 0.3) is 0 Å². The van der Waals surface area contributed by atoms with Crippen LogP contribution in [0, 0.1) is 46.8 Å². The summed E-state index contributed by atoms with van der Waals surface area (Å²) in [5.41, 5.74) is -0.660. The van der Waals surface area contributed by atoms with Gasteiger partial charge in [0.2, 0.25) is 0 Å². The van der Waals surface area contributed by atoms with Gasteiger partial charge in [0.15, 0.2) is 5.78 Å². The second-order valence-corrected chi connectivity index (χ2v) is 9.27. The highest BCUT2D eigenvalue weighted by Gasteiger charge is 2.65. The fourth-order valence-corrected chi connectivity index (χ4v) is 7.11. The number of fused-ring (bicyclic) bond motifs is 5. The Balaban J connectivity index is 1.78. The van der Waals surface area contributed by atoms with Crippen molar-refractivity contribution in [3.63, 3.8) is 0 Å². The topological polar surface area (TPSA) is 54.4 Å². The van der Waals surface area contributed by atoms with Crippen molar-refractivity contribution in [2.75, 3.05) is 0 Å². The molecular formula is C22H28O3. The first kappa shape index (κ1) is 17.0. The number of ketones is 1. The minimum absolute atomic E-state index is 0.168. The van der Waals surface area contributed by atoms with Gasteiger partial charge in [-0.2, -0.15) is 0 Å². The summed E-state index contributed by atoms with van der Waals surface area (Å²) < 4.78 is 0. The lowest BCUT2D eigenvalue weighted by atomic mass is 9.44. The normalized spacial score (nSPS) is 51.6. The summed E-state index contributed by atoms with van der Waals surface area (Å²) in [6.07, 6.45) is 14.0. The van der Waals surface area contributed by atoms with Crippen LogP contribution >= 0.6 is 0 Å². The van der Waals surface area contributed by atoms with Gasteiger partial charge in [0, 0.05) is 11.8 Å². The molecule has 3 saturated carbocycles. The van der Waals surface area contributed by atoms with Crippen LogP contribution in [0.15, 0.2) is 11.6 Å². The van der Waals surface area contributed by atoms with E-state index in [9.17, 15) is 14.7 Å². The first-order chi connectivity index (χ1) is 11.8. The van der Waals surface area contributed by atoms with Gasteiger partial charge in [0.25, 0.3) is 0 Å². The third-order valence-electron chi connectivity index (χ3n) is 8.51. The first-order valence-electron chi connectivity index (χ1n) is 9.72. The van der Waals surface area contributed by atoms with E-state index in [0.29, 0.717) is 37.0 Å². The molecule has 7 atom stereocenters. The molecule has 1 unspecified atom stereocenters. The van der Waals surface area contributed by atoms with E-state index in [-0.39, 0.29) is 17.1 Å². The second-order valence-electron chi connectivity index (χ2n) is 9.27. The van der Waals surface area contributed by atoms with Crippen molar-refractivity contribution >= 4 is 12.1 Å². The number of allylic oxidation sites excluding steroid dienone is 1. The Labute approximate surface area is 150 Å². The van der Waals surface area contributed by atoms with Gasteiger partial charge < -0.3 is 9.90 Å². The van der Waals surface area contributed by atoms with E-state index in [0.717, 1.165) is 37.5 Å². The van der Waals surface area contributed by atoms with Crippen molar-refractivity contribution in [3.05, 3.63) is 11.6 Å². The number of terminal acetylenes is 1. The number of rotatable bonds is 1. The van der Waals surface area contributed by atoms with E-state index in [2.05, 4.69) is 19.8 Å². The summed E-state index contributed by atoms with van der Waals surface area (Å²) in [6.45, 7) is 4.42. The largest absolute Gasteiger partial charge is 0.377 e. The van der Waals surface area contributed by atoms with E-state index in [1.807, 2.05) is 0 Å². The molecule has 3 heteroatoms. The summed E-state index contributed by atoms with van der Waals surface area (Å²) in [5, 5.41) is 11.1. The van der Waals surface area contributed by atoms with E-state index in [4.69, 9.17) is 6.42 Å². The van der Waals surface area contributed by atoms with E-state index in [1.54, 1.807) is 6.08 Å². The van der Waals surface area contributed by atoms with Crippen LogP contribution in [-0.4, -0.2) is 22.8 Å². The zero-order valence-corrected chi connectivity index (χ0v) is 15.3. The molecule has 0 heterocycles. The van der Waals surface area contributed by atoms with Crippen LogP contribution in [0.5, 0.6) is 0 Å². The highest BCUT2D eigenvalue weighted by molar-refractivity contribution is 5.93. The predicted molar refractivity (Wildman–Crippen MR) is 95.4 cm³/mol. The number of aliphatic hydroxyl groups is 1. The zero-order chi connectivity index (χ0) is 18.0. The molecular weight excluding hydrogens is 312 g/mol. The Hall–Kier alpha value is -1.40. The number of carbonyl (C=O) groups is 2. The Morgan fingerprint density at radius 1 is 1.28 bits per heavy atom. The van der Waals surface area contributed by atoms with Crippen LogP contribution in [-0.2, 0) is 9.59 Å². The predicted octanol–water partition coefficient (Wildman–Crippen LogP) is 3.31. The molecule has 25 heavy (non-hydrogen) atoms. The molecule has 3 fully saturated rings. The number of hydrogen-bond donors (Lipinski definition) is 1. The molecule has 3 nitrogen and oxygen atoms in total. The molecule has 0 amide bonds. The molecule has 0 aliphatic heterocycles. The average molecular weight is 340 g/mol. The van der Waals surface area contributed by atoms with Crippen LogP contribution in [0.2, 0.25) is 0 Å². The van der Waals surface area contributed by atoms with Crippen LogP contribution in [0.3, 0.4) is 0 Å². The average Bonchev–Trinajstić information content (AvgIpc) is 2.87. The van der Waals surface area contributed by atoms with Gasteiger partial charge in [-0.3, -0.25) is 4.79 Å². The second kappa shape index (κ2) is 5.30. The molecule has 4 aliphatic rings. The fourth-order valence-electron chi connectivity index (χ4n) is 7.11. The van der Waals surface area contributed by atoms with Crippen LogP contribution in [0.1, 0.15) is 58.8 Å². The molecule has 0 spiro atoms. The van der Waals surface area contributed by atoms with Gasteiger partial charge in [0.05, 0.1) is 5.41 Å². The van der Waals surface area contributed by atoms with Gasteiger partial charge in [-0.15, -0.1) is 6.42 Å². The van der Waals surface area contributed by atoms with Crippen LogP contribution in [0.4, 0.5) is 0 Å². The molecule has 0 bridgehead atoms. The molecule has 134 valence electrons. The van der Waals surface area contributed by atoms with Gasteiger partial charge in [-0.1, -0.05) is 25.3 Å². The highest BCUT2D eigenvalue weighted by atomic mass is 16.3. The van der Waals surface area contributed by atoms with E-state index >= 15 is 0 Å². The monoisotopic (exact) mass is 340 g/mol. The minimum Gasteiger partial charge on any atom is -0.377 e. The SMILES string of the molecule is C#C[C@]1(O)CC[C@H]2[C@@H]3C(C)CC4=CC(=O)CC[C@]4(C=O)[C@H]3CC[C@@]21C. The third kappa shape index (κ3) is 1.98. The zero-order valence-electron chi connectivity index (χ0n) is 15.3. The van der Waals surface area contributed by atoms with Gasteiger partial charge in [-0.05, 0) is 68.3 Å². The molecule has 4 rings (SSSR count). The maximum absolute atomic E-state index is 12.3. The maximum Gasteiger partial charge on any atom is 0.155 e. The minimum atomic E-state index is -1.02. The lowest BCUT2D eigenvalue weighted by molar-refractivity contribution is -0.138. The number of aldehydes is 1. The Morgan fingerprint density at radius 2 is 2.00 bits per heavy atom. The lowest BCUT2D eigenvalue weighted by Crippen LogP contribution is -2.57. The molecule has 0 saturated heterocycles. The van der Waals surface area contributed by atoms with Gasteiger partial charge >= 0.3 is 0 Å². The first-order valence-corrected chi connectivity index (χ1v) is 9.72. The lowest BCUT2D eigenvalue weighted by Gasteiger charge is -2.59. The van der Waals surface area contributed by atoms with Crippen LogP contribution < -0.4 is 0 Å². The Kier molecular flexibility index (Phi) is 3.61. The molecule has 0 radical (unpaired) electrons. The Morgan fingerprint density at radius 3 is 2.68 bits per heavy atom. The summed E-state index contributed by atoms with van der Waals surface area (Å²) in [5.74, 6) is 4.33. The fraction of sp³-hybridized carbons (Fsp3) is 0.727. The van der Waals surface area contributed by atoms with Crippen molar-refractivity contribution in [1.82, 2.24) is 0 Å². The molecule has 0 aromatic rings. The highest BCUT2D eigenvalue weighted by Crippen LogP contribution is 2.68. The standard InChI is InChI=1S/C22H28O3/c1-4-22(25)10-7-17-19-14(2)11-15-12-16(24)5-9-21(15,13-23)18(19)6-8-20(17,22)3/h1,12-14,17-19,25H,5-11H2,2-3H3/t14?,17-,18-,19-,20-,21+,22-/m0/s1. The number of hydrogen-bond acceptors (Lipinski definition) is 3. The van der Waals surface area contributed by atoms with Gasteiger partial charge in [0.1, 0.15) is 11.9 Å².